The van der Waals surface area contributed by atoms with E-state index >= 15 is 0 Å². The summed E-state index contributed by atoms with van der Waals surface area (Å²) < 4.78 is 0. The van der Waals surface area contributed by atoms with Gasteiger partial charge in [0.05, 0.1) is 17.8 Å². The molecular weight excluding hydrogens is 372 g/mol. The summed E-state index contributed by atoms with van der Waals surface area (Å²) in [7, 11) is 0. The van der Waals surface area contributed by atoms with E-state index in [2.05, 4.69) is 46.8 Å². The van der Waals surface area contributed by atoms with Gasteiger partial charge in [0.1, 0.15) is 0 Å². The third-order valence-corrected chi connectivity index (χ3v) is 10.0. The minimum Gasteiger partial charge on any atom is -0.393 e. The highest BCUT2D eigenvalue weighted by Gasteiger charge is 2.65. The summed E-state index contributed by atoms with van der Waals surface area (Å²) in [5.41, 5.74) is 0.168. The summed E-state index contributed by atoms with van der Waals surface area (Å²) in [6.07, 6.45) is 13.4. The maximum Gasteiger partial charge on any atom is 0.0917 e. The maximum absolute atomic E-state index is 12.2. The van der Waals surface area contributed by atoms with Gasteiger partial charge in [-0.05, 0) is 91.9 Å². The Balaban J connectivity index is 1.63. The van der Waals surface area contributed by atoms with Crippen LogP contribution in [0.1, 0.15) is 86.0 Å². The van der Waals surface area contributed by atoms with Crippen molar-refractivity contribution in [3.05, 3.63) is 23.8 Å². The van der Waals surface area contributed by atoms with Crippen LogP contribution in [-0.4, -0.2) is 33.1 Å². The molecule has 3 saturated carbocycles. The van der Waals surface area contributed by atoms with Crippen molar-refractivity contribution in [1.29, 1.82) is 0 Å². The molecule has 0 bridgehead atoms. The third kappa shape index (κ3) is 3.26. The van der Waals surface area contributed by atoms with Gasteiger partial charge in [0.25, 0.3) is 0 Å². The quantitative estimate of drug-likeness (QED) is 0.549. The van der Waals surface area contributed by atoms with Gasteiger partial charge in [0, 0.05) is 5.41 Å². The van der Waals surface area contributed by atoms with E-state index < -0.39 is 11.7 Å². The molecule has 0 aromatic carbocycles. The molecule has 0 radical (unpaired) electrons. The molecular formula is C27H44O3. The molecule has 3 N–H and O–H groups in total. The predicted octanol–water partition coefficient (Wildman–Crippen LogP) is 5.25. The zero-order valence-corrected chi connectivity index (χ0v) is 19.8. The van der Waals surface area contributed by atoms with Gasteiger partial charge in [0.15, 0.2) is 0 Å². The zero-order chi connectivity index (χ0) is 21.9. The van der Waals surface area contributed by atoms with E-state index in [1.54, 1.807) is 0 Å². The van der Waals surface area contributed by atoms with Crippen LogP contribution in [0.4, 0.5) is 0 Å². The number of rotatable bonds is 4. The molecule has 0 saturated heterocycles. The molecule has 0 spiro atoms. The number of aliphatic hydroxyl groups is 3. The summed E-state index contributed by atoms with van der Waals surface area (Å²) in [5, 5.41) is 33.5. The van der Waals surface area contributed by atoms with Crippen LogP contribution in [-0.2, 0) is 0 Å². The Morgan fingerprint density at radius 3 is 2.50 bits per heavy atom. The first-order chi connectivity index (χ1) is 14.0. The first-order valence-electron chi connectivity index (χ1n) is 12.5. The molecule has 4 aliphatic rings. The zero-order valence-electron chi connectivity index (χ0n) is 19.8. The van der Waals surface area contributed by atoms with Crippen LogP contribution in [0.25, 0.3) is 0 Å². The van der Waals surface area contributed by atoms with E-state index in [1.807, 2.05) is 6.08 Å². The van der Waals surface area contributed by atoms with Crippen molar-refractivity contribution in [2.24, 2.45) is 40.4 Å². The first-order valence-corrected chi connectivity index (χ1v) is 12.5. The number of aliphatic hydroxyl groups excluding tert-OH is 2. The summed E-state index contributed by atoms with van der Waals surface area (Å²) in [5.74, 6) is 2.19. The normalized spacial score (nSPS) is 49.5. The fraction of sp³-hybridized carbons (Fsp3) is 0.852. The summed E-state index contributed by atoms with van der Waals surface area (Å²) in [4.78, 5) is 0. The lowest BCUT2D eigenvalue weighted by Gasteiger charge is -2.62. The van der Waals surface area contributed by atoms with Crippen molar-refractivity contribution in [2.45, 2.75) is 104 Å². The van der Waals surface area contributed by atoms with Gasteiger partial charge in [0.2, 0.25) is 0 Å². The van der Waals surface area contributed by atoms with Crippen LogP contribution >= 0.6 is 0 Å². The summed E-state index contributed by atoms with van der Waals surface area (Å²) in [6.45, 7) is 11.5. The van der Waals surface area contributed by atoms with Crippen LogP contribution in [0.3, 0.4) is 0 Å². The summed E-state index contributed by atoms with van der Waals surface area (Å²) in [6, 6.07) is 0. The van der Waals surface area contributed by atoms with Crippen molar-refractivity contribution < 1.29 is 15.3 Å². The molecule has 3 heteroatoms. The highest BCUT2D eigenvalue weighted by molar-refractivity contribution is 5.37. The third-order valence-electron chi connectivity index (χ3n) is 10.0. The van der Waals surface area contributed by atoms with Crippen LogP contribution in [0.15, 0.2) is 23.8 Å². The van der Waals surface area contributed by atoms with Gasteiger partial charge in [-0.2, -0.15) is 0 Å². The van der Waals surface area contributed by atoms with Gasteiger partial charge in [-0.25, -0.2) is 0 Å². The highest BCUT2D eigenvalue weighted by atomic mass is 16.3. The Morgan fingerprint density at radius 1 is 1.07 bits per heavy atom. The maximum atomic E-state index is 12.2. The van der Waals surface area contributed by atoms with E-state index in [0.29, 0.717) is 30.1 Å². The topological polar surface area (TPSA) is 60.7 Å². The van der Waals surface area contributed by atoms with Crippen LogP contribution in [0.2, 0.25) is 0 Å². The number of allylic oxidation sites excluding steroid dienone is 2. The number of hydrogen-bond donors (Lipinski definition) is 3. The second kappa shape index (κ2) is 7.74. The van der Waals surface area contributed by atoms with E-state index in [4.69, 9.17) is 0 Å². The van der Waals surface area contributed by atoms with Gasteiger partial charge in [-0.3, -0.25) is 0 Å². The number of fused-ring (bicyclic) bond motifs is 5. The lowest BCUT2D eigenvalue weighted by Crippen LogP contribution is -2.64. The molecule has 4 rings (SSSR count). The van der Waals surface area contributed by atoms with E-state index in [1.165, 1.54) is 6.42 Å². The average molecular weight is 417 g/mol. The van der Waals surface area contributed by atoms with Gasteiger partial charge < -0.3 is 15.3 Å². The molecule has 0 aliphatic heterocycles. The van der Waals surface area contributed by atoms with Crippen LogP contribution < -0.4 is 0 Å². The smallest absolute Gasteiger partial charge is 0.0917 e. The van der Waals surface area contributed by atoms with E-state index in [0.717, 1.165) is 44.1 Å². The molecule has 4 aliphatic carbocycles. The second-order valence-corrected chi connectivity index (χ2v) is 12.1. The molecule has 0 aromatic rings. The van der Waals surface area contributed by atoms with Crippen LogP contribution in [0, 0.1) is 40.4 Å². The second-order valence-electron chi connectivity index (χ2n) is 12.1. The van der Waals surface area contributed by atoms with Crippen molar-refractivity contribution in [3.63, 3.8) is 0 Å². The average Bonchev–Trinajstić information content (AvgIpc) is 3.02. The van der Waals surface area contributed by atoms with Gasteiger partial charge in [-0.15, -0.1) is 0 Å². The molecule has 30 heavy (non-hydrogen) atoms. The molecule has 3 fully saturated rings. The van der Waals surface area contributed by atoms with Crippen molar-refractivity contribution >= 4 is 0 Å². The fourth-order valence-electron chi connectivity index (χ4n) is 8.10. The van der Waals surface area contributed by atoms with Gasteiger partial charge in [-0.1, -0.05) is 52.8 Å². The Bertz CT molecular complexity index is 711. The predicted molar refractivity (Wildman–Crippen MR) is 122 cm³/mol. The molecule has 0 amide bonds. The van der Waals surface area contributed by atoms with Crippen LogP contribution in [0.5, 0.6) is 0 Å². The Hall–Kier alpha value is -0.640. The fourth-order valence-corrected chi connectivity index (χ4v) is 8.10. The lowest BCUT2D eigenvalue weighted by atomic mass is 9.45. The van der Waals surface area contributed by atoms with Gasteiger partial charge >= 0.3 is 0 Å². The molecule has 170 valence electrons. The highest BCUT2D eigenvalue weighted by Crippen LogP contribution is 2.68. The Morgan fingerprint density at radius 2 is 1.80 bits per heavy atom. The van der Waals surface area contributed by atoms with Crippen molar-refractivity contribution in [3.8, 4) is 0 Å². The molecule has 9 atom stereocenters. The van der Waals surface area contributed by atoms with E-state index in [-0.39, 0.29) is 22.9 Å². The monoisotopic (exact) mass is 416 g/mol. The first kappa shape index (κ1) is 22.6. The standard InChI is InChI=1S/C27H44O3/c1-17(2)7-6-8-18(3)20-9-10-21-22-16-24(29)23-15-19(28)11-12-26(23,5)27(22,30)14-13-25(20,21)4/h6,8,16-21,23-24,28-30H,7,9-15H2,1-5H3. The molecule has 0 heterocycles. The number of hydrogen-bond acceptors (Lipinski definition) is 3. The SMILES string of the molecule is CC(C)CC=CC(C)C1CCC2C3=CC(O)C4CC(O)CCC4(C)C3(O)CCC21C. The minimum absolute atomic E-state index is 0.0468. The minimum atomic E-state index is -0.827. The lowest BCUT2D eigenvalue weighted by molar-refractivity contribution is -0.175. The molecule has 0 aromatic heterocycles. The molecule has 9 unspecified atom stereocenters. The largest absolute Gasteiger partial charge is 0.393 e. The Kier molecular flexibility index (Phi) is 5.82. The van der Waals surface area contributed by atoms with E-state index in [9.17, 15) is 15.3 Å². The van der Waals surface area contributed by atoms with Crippen molar-refractivity contribution in [2.75, 3.05) is 0 Å². The summed E-state index contributed by atoms with van der Waals surface area (Å²) >= 11 is 0. The van der Waals surface area contributed by atoms with Crippen molar-refractivity contribution in [1.82, 2.24) is 0 Å². The Labute approximate surface area is 183 Å². The molecule has 3 nitrogen and oxygen atoms in total.